The van der Waals surface area contributed by atoms with Gasteiger partial charge < -0.3 is 10.1 Å². The quantitative estimate of drug-likeness (QED) is 0.871. The molecule has 1 saturated heterocycles. The van der Waals surface area contributed by atoms with E-state index in [9.17, 15) is 0 Å². The minimum absolute atomic E-state index is 0.417. The van der Waals surface area contributed by atoms with Crippen LogP contribution in [0.25, 0.3) is 0 Å². The van der Waals surface area contributed by atoms with Crippen LogP contribution in [0.3, 0.4) is 0 Å². The number of ether oxygens (including phenoxy) is 1. The van der Waals surface area contributed by atoms with Crippen molar-refractivity contribution in [1.82, 2.24) is 15.5 Å². The Morgan fingerprint density at radius 3 is 3.06 bits per heavy atom. The number of nitrogens with one attached hydrogen (secondary N) is 1. The maximum absolute atomic E-state index is 5.64. The van der Waals surface area contributed by atoms with E-state index in [1.807, 2.05) is 6.07 Å². The maximum atomic E-state index is 5.64. The first-order valence-corrected chi connectivity index (χ1v) is 5.99. The van der Waals surface area contributed by atoms with Crippen LogP contribution in [0.5, 0.6) is 0 Å². The molecule has 4 nitrogen and oxygen atoms in total. The molecule has 0 radical (unpaired) electrons. The maximum Gasteiger partial charge on any atom is 0.151 e. The van der Waals surface area contributed by atoms with E-state index in [-0.39, 0.29) is 0 Å². The van der Waals surface area contributed by atoms with E-state index in [2.05, 4.69) is 15.5 Å². The first kappa shape index (κ1) is 11.8. The molecule has 16 heavy (non-hydrogen) atoms. The van der Waals surface area contributed by atoms with Crippen LogP contribution in [0.1, 0.15) is 18.5 Å². The molecule has 1 fully saturated rings. The molecule has 1 aliphatic heterocycles. The summed E-state index contributed by atoms with van der Waals surface area (Å²) in [7, 11) is 0. The monoisotopic (exact) mass is 241 g/mol. The van der Waals surface area contributed by atoms with Crippen LogP contribution in [-0.4, -0.2) is 29.9 Å². The largest absolute Gasteiger partial charge is 0.375 e. The lowest BCUT2D eigenvalue weighted by atomic mass is 10.0. The second-order valence-corrected chi connectivity index (χ2v) is 4.46. The van der Waals surface area contributed by atoms with Gasteiger partial charge in [-0.2, -0.15) is 5.10 Å². The number of rotatable bonds is 4. The third-order valence-electron chi connectivity index (χ3n) is 2.69. The lowest BCUT2D eigenvalue weighted by Crippen LogP contribution is -2.32. The van der Waals surface area contributed by atoms with Gasteiger partial charge in [0.1, 0.15) is 0 Å². The number of nitrogens with zero attached hydrogens (tertiary/aromatic N) is 2. The van der Waals surface area contributed by atoms with Gasteiger partial charge in [-0.05, 0) is 37.4 Å². The van der Waals surface area contributed by atoms with Crippen LogP contribution in [0.15, 0.2) is 12.1 Å². The van der Waals surface area contributed by atoms with Crippen LogP contribution >= 0.6 is 11.6 Å². The molecular formula is C11H16ClN3O. The highest BCUT2D eigenvalue weighted by Gasteiger charge is 2.12. The van der Waals surface area contributed by atoms with Gasteiger partial charge in [-0.1, -0.05) is 11.6 Å². The summed E-state index contributed by atoms with van der Waals surface area (Å²) in [5.41, 5.74) is 0.827. The molecule has 0 aromatic carbocycles. The predicted octanol–water partition coefficient (Wildman–Crippen LogP) is 1.65. The van der Waals surface area contributed by atoms with Crippen molar-refractivity contribution in [3.05, 3.63) is 23.0 Å². The summed E-state index contributed by atoms with van der Waals surface area (Å²) in [6, 6.07) is 3.57. The lowest BCUT2D eigenvalue weighted by molar-refractivity contribution is 0.0759. The third kappa shape index (κ3) is 3.70. The van der Waals surface area contributed by atoms with Crippen molar-refractivity contribution in [1.29, 1.82) is 0 Å². The summed E-state index contributed by atoms with van der Waals surface area (Å²) in [4.78, 5) is 0. The van der Waals surface area contributed by atoms with E-state index < -0.39 is 0 Å². The molecule has 5 heteroatoms. The van der Waals surface area contributed by atoms with Crippen molar-refractivity contribution in [2.24, 2.45) is 5.92 Å². The summed E-state index contributed by atoms with van der Waals surface area (Å²) >= 11 is 5.64. The van der Waals surface area contributed by atoms with E-state index in [0.717, 1.165) is 25.4 Å². The Kier molecular flexibility index (Phi) is 4.51. The molecule has 0 saturated carbocycles. The van der Waals surface area contributed by atoms with E-state index >= 15 is 0 Å². The molecule has 2 heterocycles. The van der Waals surface area contributed by atoms with E-state index in [4.69, 9.17) is 16.3 Å². The molecule has 0 amide bonds. The van der Waals surface area contributed by atoms with Gasteiger partial charge in [0, 0.05) is 6.54 Å². The van der Waals surface area contributed by atoms with Crippen LogP contribution in [-0.2, 0) is 11.3 Å². The zero-order chi connectivity index (χ0) is 11.2. The average molecular weight is 242 g/mol. The third-order valence-corrected chi connectivity index (χ3v) is 2.89. The summed E-state index contributed by atoms with van der Waals surface area (Å²) in [6.07, 6.45) is 2.49. The molecule has 1 aliphatic rings. The van der Waals surface area contributed by atoms with Gasteiger partial charge in [-0.3, -0.25) is 0 Å². The van der Waals surface area contributed by atoms with Crippen LogP contribution < -0.4 is 5.32 Å². The molecule has 0 unspecified atom stereocenters. The Bertz CT molecular complexity index is 312. The Morgan fingerprint density at radius 1 is 1.44 bits per heavy atom. The molecule has 0 spiro atoms. The van der Waals surface area contributed by atoms with Gasteiger partial charge in [-0.25, -0.2) is 0 Å². The Morgan fingerprint density at radius 2 is 2.38 bits per heavy atom. The standard InChI is InChI=1S/C11H16ClN3O/c12-11-4-3-10(14-15-11)8-16-7-9-2-1-5-13-6-9/h3-4,9,13H,1-2,5-8H2/t9-/m0/s1. The van der Waals surface area contributed by atoms with Gasteiger partial charge in [0.25, 0.3) is 0 Å². The molecule has 1 N–H and O–H groups in total. The molecule has 0 aliphatic carbocycles. The minimum atomic E-state index is 0.417. The fraction of sp³-hybridized carbons (Fsp3) is 0.636. The minimum Gasteiger partial charge on any atom is -0.375 e. The number of halogens is 1. The van der Waals surface area contributed by atoms with Gasteiger partial charge in [0.05, 0.1) is 18.9 Å². The predicted molar refractivity (Wildman–Crippen MR) is 62.3 cm³/mol. The van der Waals surface area contributed by atoms with E-state index in [1.165, 1.54) is 12.8 Å². The van der Waals surface area contributed by atoms with Gasteiger partial charge in [-0.15, -0.1) is 5.10 Å². The van der Waals surface area contributed by atoms with Crippen molar-refractivity contribution >= 4 is 11.6 Å². The van der Waals surface area contributed by atoms with Gasteiger partial charge >= 0.3 is 0 Å². The Balaban J connectivity index is 1.69. The fourth-order valence-corrected chi connectivity index (χ4v) is 1.92. The highest BCUT2D eigenvalue weighted by atomic mass is 35.5. The SMILES string of the molecule is Clc1ccc(COC[C@H]2CCCNC2)nn1. The fourth-order valence-electron chi connectivity index (χ4n) is 1.82. The molecule has 1 aromatic rings. The summed E-state index contributed by atoms with van der Waals surface area (Å²) in [5, 5.41) is 11.5. The van der Waals surface area contributed by atoms with Crippen molar-refractivity contribution in [2.45, 2.75) is 19.4 Å². The van der Waals surface area contributed by atoms with Crippen molar-refractivity contribution in [3.63, 3.8) is 0 Å². The molecule has 1 aromatic heterocycles. The first-order chi connectivity index (χ1) is 7.84. The molecule has 88 valence electrons. The summed E-state index contributed by atoms with van der Waals surface area (Å²) < 4.78 is 5.61. The zero-order valence-corrected chi connectivity index (χ0v) is 9.91. The summed E-state index contributed by atoms with van der Waals surface area (Å²) in [6.45, 7) is 3.50. The Labute approximate surface area is 100 Å². The zero-order valence-electron chi connectivity index (χ0n) is 9.16. The first-order valence-electron chi connectivity index (χ1n) is 5.61. The van der Waals surface area contributed by atoms with Crippen molar-refractivity contribution in [3.8, 4) is 0 Å². The lowest BCUT2D eigenvalue weighted by Gasteiger charge is -2.22. The highest BCUT2D eigenvalue weighted by Crippen LogP contribution is 2.11. The van der Waals surface area contributed by atoms with Crippen LogP contribution in [0, 0.1) is 5.92 Å². The number of aromatic nitrogens is 2. The molecular weight excluding hydrogens is 226 g/mol. The highest BCUT2D eigenvalue weighted by molar-refractivity contribution is 6.29. The van der Waals surface area contributed by atoms with Gasteiger partial charge in [0.2, 0.25) is 0 Å². The molecule has 1 atom stereocenters. The van der Waals surface area contributed by atoms with E-state index in [1.54, 1.807) is 6.07 Å². The van der Waals surface area contributed by atoms with Crippen molar-refractivity contribution in [2.75, 3.05) is 19.7 Å². The number of hydrogen-bond acceptors (Lipinski definition) is 4. The second-order valence-electron chi connectivity index (χ2n) is 4.07. The topological polar surface area (TPSA) is 47.0 Å². The van der Waals surface area contributed by atoms with Crippen LogP contribution in [0.2, 0.25) is 5.15 Å². The Hall–Kier alpha value is -0.710. The normalized spacial score (nSPS) is 20.9. The smallest absolute Gasteiger partial charge is 0.151 e. The number of hydrogen-bond donors (Lipinski definition) is 1. The molecule has 2 rings (SSSR count). The molecule has 0 bridgehead atoms. The van der Waals surface area contributed by atoms with Crippen LogP contribution in [0.4, 0.5) is 0 Å². The number of piperidine rings is 1. The van der Waals surface area contributed by atoms with E-state index in [0.29, 0.717) is 17.7 Å². The summed E-state index contributed by atoms with van der Waals surface area (Å²) in [5.74, 6) is 0.633. The second kappa shape index (κ2) is 6.13. The van der Waals surface area contributed by atoms with Gasteiger partial charge in [0.15, 0.2) is 5.15 Å². The van der Waals surface area contributed by atoms with Crippen molar-refractivity contribution < 1.29 is 4.74 Å². The average Bonchev–Trinajstić information content (AvgIpc) is 2.33.